The predicted molar refractivity (Wildman–Crippen MR) is 85.7 cm³/mol. The molecule has 4 nitrogen and oxygen atoms in total. The molecule has 0 fully saturated rings. The summed E-state index contributed by atoms with van der Waals surface area (Å²) in [5.74, 6) is 0. The Balaban J connectivity index is 1.92. The number of carbonyl (C=O) groups is 1. The average Bonchev–Trinajstić information content (AvgIpc) is 2.49. The van der Waals surface area contributed by atoms with Gasteiger partial charge in [-0.3, -0.25) is 4.98 Å². The number of urea groups is 1. The molecule has 0 saturated heterocycles. The van der Waals surface area contributed by atoms with Crippen molar-refractivity contribution in [3.05, 3.63) is 59.4 Å². The molecule has 21 heavy (non-hydrogen) atoms. The number of hydrogen-bond donors (Lipinski definition) is 1. The highest BCUT2D eigenvalue weighted by molar-refractivity contribution is 6.30. The third-order valence-electron chi connectivity index (χ3n) is 3.16. The van der Waals surface area contributed by atoms with Gasteiger partial charge in [0.15, 0.2) is 0 Å². The monoisotopic (exact) mass is 303 g/mol. The van der Waals surface area contributed by atoms with Crippen LogP contribution in [-0.2, 0) is 6.42 Å². The van der Waals surface area contributed by atoms with E-state index in [9.17, 15) is 4.79 Å². The summed E-state index contributed by atoms with van der Waals surface area (Å²) in [6.07, 6.45) is 4.33. The molecule has 0 saturated carbocycles. The number of benzene rings is 1. The average molecular weight is 304 g/mol. The van der Waals surface area contributed by atoms with Crippen LogP contribution in [0.3, 0.4) is 0 Å². The molecule has 0 aliphatic heterocycles. The minimum absolute atomic E-state index is 0.117. The molecule has 2 rings (SSSR count). The Bertz CT molecular complexity index is 589. The molecule has 0 atom stereocenters. The van der Waals surface area contributed by atoms with E-state index in [1.807, 2.05) is 31.2 Å². The molecule has 1 heterocycles. The Morgan fingerprint density at radius 3 is 2.71 bits per heavy atom. The number of aromatic nitrogens is 1. The maximum atomic E-state index is 12.2. The normalized spacial score (nSPS) is 10.2. The zero-order chi connectivity index (χ0) is 15.1. The topological polar surface area (TPSA) is 45.2 Å². The van der Waals surface area contributed by atoms with Gasteiger partial charge in [0.2, 0.25) is 0 Å². The van der Waals surface area contributed by atoms with Gasteiger partial charge in [0, 0.05) is 36.2 Å². The Morgan fingerprint density at radius 2 is 2.05 bits per heavy atom. The van der Waals surface area contributed by atoms with E-state index in [1.54, 1.807) is 29.4 Å². The summed E-state index contributed by atoms with van der Waals surface area (Å²) in [5, 5.41) is 3.46. The molecule has 0 radical (unpaired) electrons. The van der Waals surface area contributed by atoms with Crippen LogP contribution in [0.15, 0.2) is 48.8 Å². The number of rotatable bonds is 5. The minimum Gasteiger partial charge on any atom is -0.324 e. The molecule has 0 bridgehead atoms. The number of carbonyl (C=O) groups excluding carboxylic acids is 1. The van der Waals surface area contributed by atoms with Gasteiger partial charge in [0.1, 0.15) is 0 Å². The summed E-state index contributed by atoms with van der Waals surface area (Å²) in [6.45, 7) is 3.27. The first-order chi connectivity index (χ1) is 10.2. The lowest BCUT2D eigenvalue weighted by Crippen LogP contribution is -2.36. The fourth-order valence-electron chi connectivity index (χ4n) is 1.99. The van der Waals surface area contributed by atoms with Crippen LogP contribution in [-0.4, -0.2) is 29.0 Å². The molecule has 110 valence electrons. The van der Waals surface area contributed by atoms with E-state index < -0.39 is 0 Å². The van der Waals surface area contributed by atoms with Crippen molar-refractivity contribution in [2.45, 2.75) is 13.3 Å². The van der Waals surface area contributed by atoms with Crippen LogP contribution in [0.25, 0.3) is 0 Å². The van der Waals surface area contributed by atoms with Gasteiger partial charge in [-0.15, -0.1) is 0 Å². The first-order valence-corrected chi connectivity index (χ1v) is 7.27. The number of anilines is 1. The van der Waals surface area contributed by atoms with Gasteiger partial charge in [-0.25, -0.2) is 4.79 Å². The van der Waals surface area contributed by atoms with Crippen molar-refractivity contribution in [3.63, 3.8) is 0 Å². The van der Waals surface area contributed by atoms with E-state index in [0.29, 0.717) is 23.8 Å². The molecule has 5 heteroatoms. The second kappa shape index (κ2) is 7.64. The predicted octanol–water partition coefficient (Wildman–Crippen LogP) is 3.83. The van der Waals surface area contributed by atoms with E-state index in [1.165, 1.54) is 5.56 Å². The highest BCUT2D eigenvalue weighted by Crippen LogP contribution is 2.15. The molecule has 1 aromatic carbocycles. The van der Waals surface area contributed by atoms with Crippen LogP contribution in [0.5, 0.6) is 0 Å². The Hall–Kier alpha value is -2.07. The van der Waals surface area contributed by atoms with E-state index in [2.05, 4.69) is 10.3 Å². The third-order valence-corrected chi connectivity index (χ3v) is 3.40. The summed E-state index contributed by atoms with van der Waals surface area (Å²) in [5.41, 5.74) is 1.87. The van der Waals surface area contributed by atoms with Crippen LogP contribution in [0.2, 0.25) is 5.02 Å². The number of hydrogen-bond acceptors (Lipinski definition) is 2. The van der Waals surface area contributed by atoms with E-state index in [4.69, 9.17) is 11.6 Å². The van der Waals surface area contributed by atoms with Crippen molar-refractivity contribution < 1.29 is 4.79 Å². The lowest BCUT2D eigenvalue weighted by molar-refractivity contribution is 0.215. The van der Waals surface area contributed by atoms with E-state index in [-0.39, 0.29) is 6.03 Å². The summed E-state index contributed by atoms with van der Waals surface area (Å²) >= 11 is 5.91. The Kier molecular flexibility index (Phi) is 5.58. The molecule has 0 unspecified atom stereocenters. The zero-order valence-corrected chi connectivity index (χ0v) is 12.7. The zero-order valence-electron chi connectivity index (χ0n) is 11.9. The Labute approximate surface area is 129 Å². The number of nitrogens with zero attached hydrogens (tertiary/aromatic N) is 2. The number of halogens is 1. The molecular weight excluding hydrogens is 286 g/mol. The van der Waals surface area contributed by atoms with Gasteiger partial charge in [0.05, 0.1) is 0 Å². The van der Waals surface area contributed by atoms with Gasteiger partial charge in [0.25, 0.3) is 0 Å². The molecule has 1 aromatic heterocycles. The molecular formula is C16H18ClN3O. The van der Waals surface area contributed by atoms with Crippen molar-refractivity contribution >= 4 is 23.3 Å². The molecule has 0 aliphatic carbocycles. The van der Waals surface area contributed by atoms with Gasteiger partial charge < -0.3 is 10.2 Å². The highest BCUT2D eigenvalue weighted by Gasteiger charge is 2.11. The third kappa shape index (κ3) is 4.76. The molecule has 1 N–H and O–H groups in total. The fraction of sp³-hybridized carbons (Fsp3) is 0.250. The van der Waals surface area contributed by atoms with Gasteiger partial charge in [-0.05, 0) is 49.2 Å². The van der Waals surface area contributed by atoms with Crippen LogP contribution in [0, 0.1) is 0 Å². The van der Waals surface area contributed by atoms with Crippen molar-refractivity contribution in [2.75, 3.05) is 18.4 Å². The summed E-state index contributed by atoms with van der Waals surface area (Å²) < 4.78 is 0. The van der Waals surface area contributed by atoms with E-state index in [0.717, 1.165) is 6.42 Å². The number of nitrogens with one attached hydrogen (secondary N) is 1. The first-order valence-electron chi connectivity index (χ1n) is 6.89. The number of amides is 2. The van der Waals surface area contributed by atoms with Crippen LogP contribution >= 0.6 is 11.6 Å². The largest absolute Gasteiger partial charge is 0.324 e. The highest BCUT2D eigenvalue weighted by atomic mass is 35.5. The van der Waals surface area contributed by atoms with E-state index >= 15 is 0 Å². The van der Waals surface area contributed by atoms with Gasteiger partial charge in [-0.2, -0.15) is 0 Å². The van der Waals surface area contributed by atoms with Crippen molar-refractivity contribution in [1.82, 2.24) is 9.88 Å². The maximum Gasteiger partial charge on any atom is 0.321 e. The molecule has 2 amide bonds. The summed E-state index contributed by atoms with van der Waals surface area (Å²) in [6, 6.07) is 10.9. The lowest BCUT2D eigenvalue weighted by Gasteiger charge is -2.21. The second-order valence-corrected chi connectivity index (χ2v) is 5.06. The second-order valence-electron chi connectivity index (χ2n) is 4.63. The Morgan fingerprint density at radius 1 is 1.29 bits per heavy atom. The standard InChI is InChI=1S/C16H18ClN3O/c1-2-20(11-8-13-6-9-18-10-7-13)16(21)19-15-5-3-4-14(17)12-15/h3-7,9-10,12H,2,8,11H2,1H3,(H,19,21). The molecule has 0 aliphatic rings. The quantitative estimate of drug-likeness (QED) is 0.912. The van der Waals surface area contributed by atoms with Crippen molar-refractivity contribution in [3.8, 4) is 0 Å². The smallest absolute Gasteiger partial charge is 0.321 e. The lowest BCUT2D eigenvalue weighted by atomic mass is 10.2. The fourth-order valence-corrected chi connectivity index (χ4v) is 2.18. The van der Waals surface area contributed by atoms with Crippen molar-refractivity contribution in [2.24, 2.45) is 0 Å². The van der Waals surface area contributed by atoms with Crippen LogP contribution in [0.1, 0.15) is 12.5 Å². The SMILES string of the molecule is CCN(CCc1ccncc1)C(=O)Nc1cccc(Cl)c1. The van der Waals surface area contributed by atoms with Gasteiger partial charge >= 0.3 is 6.03 Å². The molecule has 2 aromatic rings. The summed E-state index contributed by atoms with van der Waals surface area (Å²) in [7, 11) is 0. The van der Waals surface area contributed by atoms with Crippen LogP contribution in [0.4, 0.5) is 10.5 Å². The maximum absolute atomic E-state index is 12.2. The number of likely N-dealkylation sites (N-methyl/N-ethyl adjacent to an activating group) is 1. The number of pyridine rings is 1. The summed E-state index contributed by atoms with van der Waals surface area (Å²) in [4.78, 5) is 18.0. The van der Waals surface area contributed by atoms with Gasteiger partial charge in [-0.1, -0.05) is 17.7 Å². The first kappa shape index (κ1) is 15.3. The van der Waals surface area contributed by atoms with Crippen molar-refractivity contribution in [1.29, 1.82) is 0 Å². The minimum atomic E-state index is -0.117. The van der Waals surface area contributed by atoms with Crippen LogP contribution < -0.4 is 5.32 Å². The molecule has 0 spiro atoms.